The summed E-state index contributed by atoms with van der Waals surface area (Å²) in [4.78, 5) is 28.0. The van der Waals surface area contributed by atoms with Crippen molar-refractivity contribution in [2.24, 2.45) is 5.41 Å². The van der Waals surface area contributed by atoms with Crippen LogP contribution in [0.1, 0.15) is 69.0 Å². The lowest BCUT2D eigenvalue weighted by atomic mass is 9.67. The van der Waals surface area contributed by atoms with E-state index in [0.717, 1.165) is 11.1 Å². The van der Waals surface area contributed by atoms with Crippen LogP contribution in [-0.4, -0.2) is 60.6 Å². The minimum Gasteiger partial charge on any atom is -0.481 e. The number of aliphatic carboxylic acids is 1. The van der Waals surface area contributed by atoms with Crippen molar-refractivity contribution in [1.82, 2.24) is 4.90 Å². The first kappa shape index (κ1) is 29.8. The molecule has 4 rings (SSSR count). The van der Waals surface area contributed by atoms with Gasteiger partial charge in [0.05, 0.1) is 28.9 Å². The van der Waals surface area contributed by atoms with Gasteiger partial charge in [-0.25, -0.2) is 8.42 Å². The summed E-state index contributed by atoms with van der Waals surface area (Å²) in [6.45, 7) is 4.33. The fourth-order valence-corrected chi connectivity index (χ4v) is 8.56. The summed E-state index contributed by atoms with van der Waals surface area (Å²) >= 11 is 12.6. The average molecular weight is 597 g/mol. The van der Waals surface area contributed by atoms with Crippen molar-refractivity contribution in [2.75, 3.05) is 19.0 Å². The maximum absolute atomic E-state index is 14.3. The number of nitrogens with zero attached hydrogens (tertiary/aromatic N) is 1. The van der Waals surface area contributed by atoms with Crippen molar-refractivity contribution < 1.29 is 27.9 Å². The number of rotatable bonds is 9. The highest BCUT2D eigenvalue weighted by atomic mass is 35.5. The molecule has 2 saturated heterocycles. The second-order valence-electron chi connectivity index (χ2n) is 10.9. The number of likely N-dealkylation sites (tertiary alicyclic amines) is 1. The van der Waals surface area contributed by atoms with Crippen LogP contribution in [0.25, 0.3) is 0 Å². The average Bonchev–Trinajstić information content (AvgIpc) is 2.89. The van der Waals surface area contributed by atoms with E-state index in [1.165, 1.54) is 0 Å². The van der Waals surface area contributed by atoms with Crippen molar-refractivity contribution in [2.45, 2.75) is 69.2 Å². The quantitative estimate of drug-likeness (QED) is 0.387. The Bertz CT molecular complexity index is 1300. The number of piperidine rings is 1. The molecule has 0 spiro atoms. The molecule has 39 heavy (non-hydrogen) atoms. The molecule has 0 aromatic heterocycles. The number of carboxylic acids is 1. The Hall–Kier alpha value is -2.13. The number of sulfone groups is 1. The smallest absolute Gasteiger partial charge is 0.304 e. The fourth-order valence-electron chi connectivity index (χ4n) is 6.12. The summed E-state index contributed by atoms with van der Waals surface area (Å²) in [5.74, 6) is -1.96. The normalized spacial score (nSPS) is 25.4. The largest absolute Gasteiger partial charge is 0.481 e. The van der Waals surface area contributed by atoms with Crippen LogP contribution in [0, 0.1) is 5.41 Å². The van der Waals surface area contributed by atoms with Gasteiger partial charge in [-0.1, -0.05) is 61.3 Å². The molecule has 0 radical (unpaired) electrons. The highest BCUT2D eigenvalue weighted by molar-refractivity contribution is 7.92. The molecule has 2 aliphatic heterocycles. The zero-order valence-corrected chi connectivity index (χ0v) is 24.5. The van der Waals surface area contributed by atoms with Crippen LogP contribution in [0.3, 0.4) is 0 Å². The number of hydrogen-bond acceptors (Lipinski definition) is 5. The second kappa shape index (κ2) is 12.2. The van der Waals surface area contributed by atoms with Crippen molar-refractivity contribution in [3.8, 4) is 0 Å². The van der Waals surface area contributed by atoms with E-state index >= 15 is 0 Å². The van der Waals surface area contributed by atoms with Gasteiger partial charge in [-0.15, -0.1) is 0 Å². The van der Waals surface area contributed by atoms with E-state index in [9.17, 15) is 23.1 Å². The van der Waals surface area contributed by atoms with E-state index in [0.29, 0.717) is 42.5 Å². The molecule has 2 aromatic carbocycles. The van der Waals surface area contributed by atoms with Gasteiger partial charge in [0.15, 0.2) is 9.84 Å². The van der Waals surface area contributed by atoms with E-state index in [1.807, 2.05) is 37.3 Å². The van der Waals surface area contributed by atoms with Crippen LogP contribution in [0.2, 0.25) is 10.0 Å². The first-order chi connectivity index (χ1) is 18.4. The van der Waals surface area contributed by atoms with Gasteiger partial charge < -0.3 is 14.7 Å². The number of benzene rings is 2. The molecule has 212 valence electrons. The summed E-state index contributed by atoms with van der Waals surface area (Å²) in [5, 5.41) is 10.3. The molecule has 2 heterocycles. The number of halogens is 2. The lowest BCUT2D eigenvalue weighted by Crippen LogP contribution is -2.57. The van der Waals surface area contributed by atoms with Crippen molar-refractivity contribution in [1.29, 1.82) is 0 Å². The minimum atomic E-state index is -3.56. The molecule has 0 unspecified atom stereocenters. The molecule has 1 amide bonds. The second-order valence-corrected chi connectivity index (χ2v) is 14.1. The summed E-state index contributed by atoms with van der Waals surface area (Å²) < 4.78 is 32.6. The molecule has 2 aromatic rings. The Labute approximate surface area is 240 Å². The van der Waals surface area contributed by atoms with Crippen molar-refractivity contribution in [3.05, 3.63) is 69.7 Å². The third-order valence-electron chi connectivity index (χ3n) is 8.10. The maximum atomic E-state index is 14.3. The van der Waals surface area contributed by atoms with E-state index in [-0.39, 0.29) is 30.4 Å². The third-order valence-corrected chi connectivity index (χ3v) is 10.9. The van der Waals surface area contributed by atoms with Gasteiger partial charge >= 0.3 is 5.97 Å². The molecule has 10 heteroatoms. The highest BCUT2D eigenvalue weighted by Crippen LogP contribution is 2.52. The van der Waals surface area contributed by atoms with Crippen LogP contribution in [0.15, 0.2) is 48.5 Å². The maximum Gasteiger partial charge on any atom is 0.304 e. The van der Waals surface area contributed by atoms with Gasteiger partial charge in [-0.3, -0.25) is 9.59 Å². The SMILES string of the molecule is CC[C@@H](CS(=O)(=O)C1CCOCC1)N1C(=O)[C@@](C)(CC(=O)O)C[C@H](c2cccc(Cl)c2)[C@H]1c1ccc(Cl)cc1. The Morgan fingerprint density at radius 2 is 1.77 bits per heavy atom. The van der Waals surface area contributed by atoms with Gasteiger partial charge in [-0.05, 0) is 61.1 Å². The monoisotopic (exact) mass is 595 g/mol. The predicted octanol–water partition coefficient (Wildman–Crippen LogP) is 5.90. The van der Waals surface area contributed by atoms with E-state index in [2.05, 4.69) is 0 Å². The van der Waals surface area contributed by atoms with Crippen LogP contribution in [0.4, 0.5) is 0 Å². The zero-order chi connectivity index (χ0) is 28.4. The molecule has 4 atom stereocenters. The van der Waals surface area contributed by atoms with Crippen molar-refractivity contribution in [3.63, 3.8) is 0 Å². The molecule has 0 saturated carbocycles. The van der Waals surface area contributed by atoms with E-state index in [4.69, 9.17) is 27.9 Å². The summed E-state index contributed by atoms with van der Waals surface area (Å²) in [5.41, 5.74) is 0.424. The Morgan fingerprint density at radius 3 is 2.36 bits per heavy atom. The molecule has 0 aliphatic carbocycles. The Morgan fingerprint density at radius 1 is 1.10 bits per heavy atom. The topological polar surface area (TPSA) is 101 Å². The number of carbonyl (C=O) groups excluding carboxylic acids is 1. The van der Waals surface area contributed by atoms with Gasteiger partial charge in [0, 0.05) is 35.2 Å². The van der Waals surface area contributed by atoms with Crippen LogP contribution >= 0.6 is 23.2 Å². The number of carbonyl (C=O) groups is 2. The van der Waals surface area contributed by atoms with Crippen LogP contribution in [0.5, 0.6) is 0 Å². The molecular weight excluding hydrogens is 561 g/mol. The van der Waals surface area contributed by atoms with Gasteiger partial charge in [0.1, 0.15) is 0 Å². The lowest BCUT2D eigenvalue weighted by Gasteiger charge is -2.52. The molecule has 7 nitrogen and oxygen atoms in total. The zero-order valence-electron chi connectivity index (χ0n) is 22.2. The minimum absolute atomic E-state index is 0.199. The number of amides is 1. The Kier molecular flexibility index (Phi) is 9.31. The standard InChI is InChI=1S/C29H35Cl2NO6S/c1-3-23(18-39(36,37)24-11-13-38-14-12-24)32-27(19-7-9-21(30)10-8-19)25(20-5-4-6-22(31)15-20)16-29(2,28(32)35)17-26(33)34/h4-10,15,23-25,27H,3,11-14,16-18H2,1-2H3,(H,33,34)/t23-,25+,27+,29+/m0/s1. The Balaban J connectivity index is 1.86. The summed E-state index contributed by atoms with van der Waals surface area (Å²) in [6.07, 6.45) is 1.15. The highest BCUT2D eigenvalue weighted by Gasteiger charge is 2.53. The predicted molar refractivity (Wildman–Crippen MR) is 152 cm³/mol. The van der Waals surface area contributed by atoms with Crippen LogP contribution < -0.4 is 0 Å². The lowest BCUT2D eigenvalue weighted by molar-refractivity contribution is -0.160. The number of hydrogen-bond donors (Lipinski definition) is 1. The summed E-state index contributed by atoms with van der Waals surface area (Å²) in [7, 11) is -3.56. The molecule has 1 N–H and O–H groups in total. The van der Waals surface area contributed by atoms with Crippen molar-refractivity contribution >= 4 is 44.9 Å². The van der Waals surface area contributed by atoms with Gasteiger partial charge in [0.2, 0.25) is 5.91 Å². The first-order valence-corrected chi connectivity index (χ1v) is 15.8. The number of ether oxygens (including phenoxy) is 1. The third kappa shape index (κ3) is 6.62. The van der Waals surface area contributed by atoms with Gasteiger partial charge in [-0.2, -0.15) is 0 Å². The van der Waals surface area contributed by atoms with E-state index < -0.39 is 38.6 Å². The van der Waals surface area contributed by atoms with E-state index in [1.54, 1.807) is 30.0 Å². The molecular formula is C29H35Cl2NO6S. The first-order valence-electron chi connectivity index (χ1n) is 13.3. The molecule has 0 bridgehead atoms. The van der Waals surface area contributed by atoms with Crippen LogP contribution in [-0.2, 0) is 24.2 Å². The van der Waals surface area contributed by atoms with Gasteiger partial charge in [0.25, 0.3) is 0 Å². The molecule has 2 fully saturated rings. The fraction of sp³-hybridized carbons (Fsp3) is 0.517. The molecule has 2 aliphatic rings. The number of carboxylic acid groups (broad SMARTS) is 1. The summed E-state index contributed by atoms with van der Waals surface area (Å²) in [6, 6.07) is 13.4.